The molecule has 0 aliphatic rings. The monoisotopic (exact) mass is 243 g/mol. The van der Waals surface area contributed by atoms with Gasteiger partial charge < -0.3 is 10.7 Å². The lowest BCUT2D eigenvalue weighted by Crippen LogP contribution is -2.14. The Bertz CT molecular complexity index is 510. The predicted molar refractivity (Wildman–Crippen MR) is 73.7 cm³/mol. The highest BCUT2D eigenvalue weighted by Gasteiger charge is 2.14. The molecule has 0 aliphatic carbocycles. The van der Waals surface area contributed by atoms with Gasteiger partial charge in [0.2, 0.25) is 0 Å². The van der Waals surface area contributed by atoms with Crippen LogP contribution in [0.25, 0.3) is 0 Å². The number of hydrogen-bond donors (Lipinski definition) is 3. The SMILES string of the molecule is CC(C)c1c(NN)ncnc1Nc1ccccc1. The fourth-order valence-corrected chi connectivity index (χ4v) is 1.82. The molecule has 0 aliphatic heterocycles. The third kappa shape index (κ3) is 2.57. The Kier molecular flexibility index (Phi) is 3.74. The van der Waals surface area contributed by atoms with Crippen LogP contribution in [0.4, 0.5) is 17.3 Å². The number of nitrogens with two attached hydrogens (primary N) is 1. The number of hydrogen-bond acceptors (Lipinski definition) is 5. The molecule has 0 saturated heterocycles. The minimum Gasteiger partial charge on any atom is -0.340 e. The summed E-state index contributed by atoms with van der Waals surface area (Å²) in [7, 11) is 0. The Hall–Kier alpha value is -2.14. The zero-order valence-corrected chi connectivity index (χ0v) is 10.5. The van der Waals surface area contributed by atoms with Crippen LogP contribution in [-0.2, 0) is 0 Å². The quantitative estimate of drug-likeness (QED) is 0.568. The van der Waals surface area contributed by atoms with E-state index in [-0.39, 0.29) is 5.92 Å². The maximum Gasteiger partial charge on any atom is 0.148 e. The summed E-state index contributed by atoms with van der Waals surface area (Å²) in [6.45, 7) is 4.16. The van der Waals surface area contributed by atoms with Gasteiger partial charge >= 0.3 is 0 Å². The number of benzene rings is 1. The number of aromatic nitrogens is 2. The summed E-state index contributed by atoms with van der Waals surface area (Å²) < 4.78 is 0. The number of anilines is 3. The standard InChI is InChI=1S/C13H17N5/c1-9(2)11-12(15-8-16-13(11)18-14)17-10-6-4-3-5-7-10/h3-9H,14H2,1-2H3,(H2,15,16,17,18). The average molecular weight is 243 g/mol. The minimum absolute atomic E-state index is 0.267. The second-order valence-electron chi connectivity index (χ2n) is 4.27. The molecular weight excluding hydrogens is 226 g/mol. The van der Waals surface area contributed by atoms with Crippen molar-refractivity contribution >= 4 is 17.3 Å². The van der Waals surface area contributed by atoms with Crippen LogP contribution in [0.3, 0.4) is 0 Å². The van der Waals surface area contributed by atoms with Crippen LogP contribution < -0.4 is 16.6 Å². The molecule has 5 heteroatoms. The van der Waals surface area contributed by atoms with Crippen molar-refractivity contribution in [1.29, 1.82) is 0 Å². The Balaban J connectivity index is 2.38. The highest BCUT2D eigenvalue weighted by atomic mass is 15.3. The van der Waals surface area contributed by atoms with Crippen molar-refractivity contribution in [2.75, 3.05) is 10.7 Å². The van der Waals surface area contributed by atoms with Crippen LogP contribution in [-0.4, -0.2) is 9.97 Å². The second-order valence-corrected chi connectivity index (χ2v) is 4.27. The molecule has 1 aromatic heterocycles. The van der Waals surface area contributed by atoms with E-state index in [0.717, 1.165) is 17.1 Å². The van der Waals surface area contributed by atoms with Gasteiger partial charge in [0.15, 0.2) is 0 Å². The van der Waals surface area contributed by atoms with Crippen molar-refractivity contribution in [2.24, 2.45) is 5.84 Å². The van der Waals surface area contributed by atoms with Gasteiger partial charge in [-0.3, -0.25) is 0 Å². The van der Waals surface area contributed by atoms with E-state index in [9.17, 15) is 0 Å². The first-order valence-electron chi connectivity index (χ1n) is 5.86. The first-order chi connectivity index (χ1) is 8.72. The van der Waals surface area contributed by atoms with Gasteiger partial charge in [0.05, 0.1) is 0 Å². The summed E-state index contributed by atoms with van der Waals surface area (Å²) in [5.41, 5.74) is 4.57. The fourth-order valence-electron chi connectivity index (χ4n) is 1.82. The number of nitrogens with zero attached hydrogens (tertiary/aromatic N) is 2. The van der Waals surface area contributed by atoms with Gasteiger partial charge in [-0.05, 0) is 18.1 Å². The third-order valence-electron chi connectivity index (χ3n) is 2.63. The first kappa shape index (κ1) is 12.3. The van der Waals surface area contributed by atoms with E-state index in [2.05, 4.69) is 34.6 Å². The number of nitrogens with one attached hydrogen (secondary N) is 2. The molecule has 18 heavy (non-hydrogen) atoms. The maximum absolute atomic E-state index is 5.48. The van der Waals surface area contributed by atoms with Crippen LogP contribution in [0.15, 0.2) is 36.7 Å². The summed E-state index contributed by atoms with van der Waals surface area (Å²) in [5, 5.41) is 3.28. The van der Waals surface area contributed by atoms with E-state index in [4.69, 9.17) is 5.84 Å². The zero-order valence-electron chi connectivity index (χ0n) is 10.5. The summed E-state index contributed by atoms with van der Waals surface area (Å²) in [6.07, 6.45) is 1.49. The molecule has 0 radical (unpaired) electrons. The molecule has 0 saturated carbocycles. The molecule has 5 nitrogen and oxygen atoms in total. The van der Waals surface area contributed by atoms with Gasteiger partial charge in [0.1, 0.15) is 18.0 Å². The molecule has 0 spiro atoms. The Morgan fingerprint density at radius 2 is 1.72 bits per heavy atom. The summed E-state index contributed by atoms with van der Waals surface area (Å²) in [5.74, 6) is 7.18. The minimum atomic E-state index is 0.267. The third-order valence-corrected chi connectivity index (χ3v) is 2.63. The van der Waals surface area contributed by atoms with E-state index < -0.39 is 0 Å². The van der Waals surface area contributed by atoms with Crippen molar-refractivity contribution in [3.05, 3.63) is 42.2 Å². The maximum atomic E-state index is 5.48. The average Bonchev–Trinajstić information content (AvgIpc) is 2.39. The molecule has 0 amide bonds. The van der Waals surface area contributed by atoms with Gasteiger partial charge in [-0.1, -0.05) is 32.0 Å². The molecule has 2 aromatic rings. The molecule has 2 rings (SSSR count). The molecular formula is C13H17N5. The van der Waals surface area contributed by atoms with Gasteiger partial charge in [0, 0.05) is 11.3 Å². The topological polar surface area (TPSA) is 75.9 Å². The van der Waals surface area contributed by atoms with Crippen molar-refractivity contribution in [3.8, 4) is 0 Å². The lowest BCUT2D eigenvalue weighted by Gasteiger charge is -2.16. The Labute approximate surface area is 106 Å². The first-order valence-corrected chi connectivity index (χ1v) is 5.86. The molecule has 0 bridgehead atoms. The molecule has 4 N–H and O–H groups in total. The lowest BCUT2D eigenvalue weighted by molar-refractivity contribution is 0.850. The molecule has 1 heterocycles. The van der Waals surface area contributed by atoms with Gasteiger partial charge in [-0.2, -0.15) is 0 Å². The van der Waals surface area contributed by atoms with Crippen molar-refractivity contribution in [2.45, 2.75) is 19.8 Å². The van der Waals surface area contributed by atoms with Gasteiger partial charge in [-0.15, -0.1) is 0 Å². The molecule has 0 atom stereocenters. The molecule has 0 unspecified atom stereocenters. The molecule has 1 aromatic carbocycles. The van der Waals surface area contributed by atoms with E-state index >= 15 is 0 Å². The van der Waals surface area contributed by atoms with Crippen LogP contribution in [0.2, 0.25) is 0 Å². The highest BCUT2D eigenvalue weighted by Crippen LogP contribution is 2.29. The van der Waals surface area contributed by atoms with Crippen LogP contribution in [0.5, 0.6) is 0 Å². The zero-order chi connectivity index (χ0) is 13.0. The van der Waals surface area contributed by atoms with Crippen LogP contribution in [0, 0.1) is 0 Å². The van der Waals surface area contributed by atoms with Gasteiger partial charge in [-0.25, -0.2) is 15.8 Å². The predicted octanol–water partition coefficient (Wildman–Crippen LogP) is 2.63. The molecule has 0 fully saturated rings. The van der Waals surface area contributed by atoms with Crippen molar-refractivity contribution < 1.29 is 0 Å². The normalized spacial score (nSPS) is 10.4. The Morgan fingerprint density at radius 3 is 2.33 bits per heavy atom. The van der Waals surface area contributed by atoms with Crippen LogP contribution in [0.1, 0.15) is 25.3 Å². The second kappa shape index (κ2) is 5.46. The van der Waals surface area contributed by atoms with E-state index in [0.29, 0.717) is 5.82 Å². The van der Waals surface area contributed by atoms with E-state index in [1.165, 1.54) is 6.33 Å². The summed E-state index contributed by atoms with van der Waals surface area (Å²) >= 11 is 0. The molecule has 94 valence electrons. The summed E-state index contributed by atoms with van der Waals surface area (Å²) in [6, 6.07) is 9.90. The largest absolute Gasteiger partial charge is 0.340 e. The number of para-hydroxylation sites is 1. The van der Waals surface area contributed by atoms with E-state index in [1.54, 1.807) is 0 Å². The Morgan fingerprint density at radius 1 is 1.06 bits per heavy atom. The van der Waals surface area contributed by atoms with Crippen molar-refractivity contribution in [3.63, 3.8) is 0 Å². The highest BCUT2D eigenvalue weighted by molar-refractivity contribution is 5.65. The van der Waals surface area contributed by atoms with Crippen molar-refractivity contribution in [1.82, 2.24) is 9.97 Å². The lowest BCUT2D eigenvalue weighted by atomic mass is 10.0. The number of rotatable bonds is 4. The summed E-state index contributed by atoms with van der Waals surface area (Å²) in [4.78, 5) is 8.42. The smallest absolute Gasteiger partial charge is 0.148 e. The van der Waals surface area contributed by atoms with Crippen LogP contribution >= 0.6 is 0 Å². The number of hydrazine groups is 1. The van der Waals surface area contributed by atoms with E-state index in [1.807, 2.05) is 30.3 Å². The van der Waals surface area contributed by atoms with Gasteiger partial charge in [0.25, 0.3) is 0 Å². The number of nitrogen functional groups attached to an aromatic ring is 1. The fraction of sp³-hybridized carbons (Fsp3) is 0.231.